The quantitative estimate of drug-likeness (QED) is 0.766. The topological polar surface area (TPSA) is 41.1 Å². The van der Waals surface area contributed by atoms with Crippen LogP contribution in [-0.2, 0) is 0 Å². The van der Waals surface area contributed by atoms with Crippen LogP contribution < -0.4 is 10.6 Å². The van der Waals surface area contributed by atoms with Crippen molar-refractivity contribution in [3.05, 3.63) is 57.4 Å². The van der Waals surface area contributed by atoms with Gasteiger partial charge < -0.3 is 10.6 Å². The summed E-state index contributed by atoms with van der Waals surface area (Å²) in [6.07, 6.45) is 3.15. The van der Waals surface area contributed by atoms with E-state index in [1.807, 2.05) is 37.3 Å². The molecule has 6 heteroatoms. The van der Waals surface area contributed by atoms with E-state index in [4.69, 9.17) is 11.6 Å². The highest BCUT2D eigenvalue weighted by molar-refractivity contribution is 7.17. The number of amides is 1. The van der Waals surface area contributed by atoms with Gasteiger partial charge in [0.2, 0.25) is 0 Å². The molecule has 0 fully saturated rings. The lowest BCUT2D eigenvalue weighted by atomic mass is 10.1. The third kappa shape index (κ3) is 4.61. The average Bonchev–Trinajstić information content (AvgIpc) is 2.95. The Hall–Kier alpha value is -1.33. The SMILES string of the molecule is Cc1cc(C(=O)NCC2=CCNCC2)sc1-c1cccc(Cl)c1.Cl. The van der Waals surface area contributed by atoms with Gasteiger partial charge in [-0.1, -0.05) is 35.4 Å². The van der Waals surface area contributed by atoms with Crippen LogP contribution in [0.15, 0.2) is 42.0 Å². The smallest absolute Gasteiger partial charge is 0.261 e. The van der Waals surface area contributed by atoms with E-state index in [0.717, 1.165) is 40.4 Å². The zero-order valence-corrected chi connectivity index (χ0v) is 15.8. The standard InChI is InChI=1S/C18H19ClN2OS.ClH/c1-12-9-16(18(22)21-11-13-5-7-20-8-6-13)23-17(12)14-3-2-4-15(19)10-14;/h2-5,9-10,20H,6-8,11H2,1H3,(H,21,22);1H. The maximum Gasteiger partial charge on any atom is 0.261 e. The number of hydrogen-bond donors (Lipinski definition) is 2. The number of aryl methyl sites for hydroxylation is 1. The first kappa shape index (κ1) is 19.0. The Morgan fingerprint density at radius 1 is 1.38 bits per heavy atom. The molecule has 24 heavy (non-hydrogen) atoms. The molecule has 2 aromatic rings. The van der Waals surface area contributed by atoms with E-state index in [0.29, 0.717) is 11.6 Å². The first-order valence-corrected chi connectivity index (χ1v) is 8.86. The van der Waals surface area contributed by atoms with E-state index in [1.54, 1.807) is 0 Å². The molecule has 0 saturated heterocycles. The largest absolute Gasteiger partial charge is 0.348 e. The molecule has 0 bridgehead atoms. The highest BCUT2D eigenvalue weighted by Crippen LogP contribution is 2.33. The fourth-order valence-electron chi connectivity index (χ4n) is 2.62. The summed E-state index contributed by atoms with van der Waals surface area (Å²) in [7, 11) is 0. The lowest BCUT2D eigenvalue weighted by Crippen LogP contribution is -2.29. The van der Waals surface area contributed by atoms with Gasteiger partial charge in [0.25, 0.3) is 5.91 Å². The van der Waals surface area contributed by atoms with Crippen LogP contribution in [0, 0.1) is 6.92 Å². The first-order chi connectivity index (χ1) is 11.1. The van der Waals surface area contributed by atoms with Gasteiger partial charge in [-0.3, -0.25) is 4.79 Å². The van der Waals surface area contributed by atoms with Crippen molar-refractivity contribution in [2.45, 2.75) is 13.3 Å². The molecular weight excluding hydrogens is 363 g/mol. The average molecular weight is 383 g/mol. The van der Waals surface area contributed by atoms with Crippen LogP contribution >= 0.6 is 35.3 Å². The lowest BCUT2D eigenvalue weighted by Gasteiger charge is -2.14. The summed E-state index contributed by atoms with van der Waals surface area (Å²) < 4.78 is 0. The van der Waals surface area contributed by atoms with Crippen LogP contribution in [0.4, 0.5) is 0 Å². The van der Waals surface area contributed by atoms with Crippen molar-refractivity contribution in [1.82, 2.24) is 10.6 Å². The first-order valence-electron chi connectivity index (χ1n) is 7.66. The summed E-state index contributed by atoms with van der Waals surface area (Å²) in [5.41, 5.74) is 3.45. The maximum atomic E-state index is 12.4. The Bertz CT molecular complexity index is 755. The van der Waals surface area contributed by atoms with E-state index in [-0.39, 0.29) is 18.3 Å². The highest BCUT2D eigenvalue weighted by Gasteiger charge is 2.14. The normalized spacial score (nSPS) is 13.8. The Morgan fingerprint density at radius 2 is 2.21 bits per heavy atom. The minimum Gasteiger partial charge on any atom is -0.348 e. The van der Waals surface area contributed by atoms with Gasteiger partial charge in [0.05, 0.1) is 4.88 Å². The van der Waals surface area contributed by atoms with Crippen molar-refractivity contribution < 1.29 is 4.79 Å². The number of hydrogen-bond acceptors (Lipinski definition) is 3. The molecule has 0 aliphatic carbocycles. The van der Waals surface area contributed by atoms with Crippen LogP contribution in [0.2, 0.25) is 5.02 Å². The van der Waals surface area contributed by atoms with E-state index in [9.17, 15) is 4.79 Å². The summed E-state index contributed by atoms with van der Waals surface area (Å²) in [6.45, 7) is 4.53. The second-order valence-corrected chi connectivity index (χ2v) is 7.12. The van der Waals surface area contributed by atoms with E-state index in [2.05, 4.69) is 16.7 Å². The molecule has 1 aromatic carbocycles. The van der Waals surface area contributed by atoms with Crippen molar-refractivity contribution in [3.8, 4) is 10.4 Å². The van der Waals surface area contributed by atoms with Crippen molar-refractivity contribution in [2.24, 2.45) is 0 Å². The van der Waals surface area contributed by atoms with Crippen LogP contribution in [0.1, 0.15) is 21.7 Å². The molecule has 3 rings (SSSR count). The van der Waals surface area contributed by atoms with E-state index in [1.165, 1.54) is 16.9 Å². The molecule has 0 radical (unpaired) electrons. The molecule has 2 heterocycles. The minimum atomic E-state index is -0.00851. The number of benzene rings is 1. The maximum absolute atomic E-state index is 12.4. The summed E-state index contributed by atoms with van der Waals surface area (Å²) in [5, 5.41) is 7.00. The molecule has 0 unspecified atom stereocenters. The van der Waals surface area contributed by atoms with Crippen LogP contribution in [0.3, 0.4) is 0 Å². The molecule has 3 nitrogen and oxygen atoms in total. The number of nitrogens with one attached hydrogen (secondary N) is 2. The Balaban J connectivity index is 0.00000208. The van der Waals surface area contributed by atoms with Crippen LogP contribution in [0.5, 0.6) is 0 Å². The van der Waals surface area contributed by atoms with Crippen LogP contribution in [0.25, 0.3) is 10.4 Å². The summed E-state index contributed by atoms with van der Waals surface area (Å²) in [5.74, 6) is -0.00851. The number of halogens is 2. The summed E-state index contributed by atoms with van der Waals surface area (Å²) >= 11 is 7.58. The third-order valence-electron chi connectivity index (χ3n) is 3.86. The molecule has 1 aliphatic rings. The molecule has 0 spiro atoms. The van der Waals surface area contributed by atoms with Crippen molar-refractivity contribution in [3.63, 3.8) is 0 Å². The van der Waals surface area contributed by atoms with Gasteiger partial charge in [-0.25, -0.2) is 0 Å². The minimum absolute atomic E-state index is 0. The Labute approximate surface area is 157 Å². The summed E-state index contributed by atoms with van der Waals surface area (Å²) in [4.78, 5) is 14.2. The Morgan fingerprint density at radius 3 is 2.92 bits per heavy atom. The molecule has 128 valence electrons. The molecule has 0 saturated carbocycles. The third-order valence-corrected chi connectivity index (χ3v) is 5.38. The predicted molar refractivity (Wildman–Crippen MR) is 105 cm³/mol. The number of thiophene rings is 1. The van der Waals surface area contributed by atoms with Gasteiger partial charge in [-0.15, -0.1) is 23.7 Å². The fraction of sp³-hybridized carbons (Fsp3) is 0.278. The lowest BCUT2D eigenvalue weighted by molar-refractivity contribution is 0.0960. The van der Waals surface area contributed by atoms with E-state index >= 15 is 0 Å². The number of rotatable bonds is 4. The molecule has 2 N–H and O–H groups in total. The second kappa shape index (κ2) is 8.67. The van der Waals surface area contributed by atoms with Gasteiger partial charge in [0, 0.05) is 23.0 Å². The van der Waals surface area contributed by atoms with Gasteiger partial charge in [0.15, 0.2) is 0 Å². The molecule has 1 aliphatic heterocycles. The van der Waals surface area contributed by atoms with Gasteiger partial charge in [-0.2, -0.15) is 0 Å². The number of carbonyl (C=O) groups excluding carboxylic acids is 1. The predicted octanol–water partition coefficient (Wildman–Crippen LogP) is 4.45. The molecular formula is C18H20Cl2N2OS. The summed E-state index contributed by atoms with van der Waals surface area (Å²) in [6, 6.07) is 9.69. The second-order valence-electron chi connectivity index (χ2n) is 5.63. The van der Waals surface area contributed by atoms with E-state index < -0.39 is 0 Å². The fourth-order valence-corrected chi connectivity index (χ4v) is 3.90. The zero-order valence-electron chi connectivity index (χ0n) is 13.4. The number of carbonyl (C=O) groups is 1. The van der Waals surface area contributed by atoms with Crippen LogP contribution in [-0.4, -0.2) is 25.5 Å². The molecule has 0 atom stereocenters. The van der Waals surface area contributed by atoms with Crippen molar-refractivity contribution in [2.75, 3.05) is 19.6 Å². The van der Waals surface area contributed by atoms with Crippen molar-refractivity contribution >= 4 is 41.3 Å². The highest BCUT2D eigenvalue weighted by atomic mass is 35.5. The zero-order chi connectivity index (χ0) is 16.2. The van der Waals surface area contributed by atoms with Gasteiger partial charge >= 0.3 is 0 Å². The monoisotopic (exact) mass is 382 g/mol. The Kier molecular flexibility index (Phi) is 6.87. The molecule has 1 aromatic heterocycles. The van der Waals surface area contributed by atoms with Gasteiger partial charge in [0.1, 0.15) is 0 Å². The molecule has 1 amide bonds. The van der Waals surface area contributed by atoms with Gasteiger partial charge in [-0.05, 0) is 49.2 Å². The van der Waals surface area contributed by atoms with Crippen molar-refractivity contribution in [1.29, 1.82) is 0 Å².